The van der Waals surface area contributed by atoms with Crippen LogP contribution in [0.2, 0.25) is 0 Å². The molecule has 1 aromatic heterocycles. The number of benzene rings is 2. The van der Waals surface area contributed by atoms with Crippen LogP contribution in [0.3, 0.4) is 0 Å². The Kier molecular flexibility index (Phi) is 4.81. The molecule has 7 heteroatoms. The molecule has 0 bridgehead atoms. The van der Waals surface area contributed by atoms with Gasteiger partial charge >= 0.3 is 0 Å². The van der Waals surface area contributed by atoms with E-state index >= 15 is 0 Å². The Hall–Kier alpha value is -3.22. The number of nitrogens with zero attached hydrogens (tertiary/aromatic N) is 4. The number of methoxy groups -OCH3 is 1. The topological polar surface area (TPSA) is 81.9 Å². The lowest BCUT2D eigenvalue weighted by Crippen LogP contribution is -2.12. The van der Waals surface area contributed by atoms with Crippen LogP contribution < -0.4 is 10.1 Å². The third-order valence-electron chi connectivity index (χ3n) is 3.56. The van der Waals surface area contributed by atoms with Gasteiger partial charge in [-0.2, -0.15) is 0 Å². The van der Waals surface area contributed by atoms with Crippen molar-refractivity contribution in [3.8, 4) is 11.4 Å². The lowest BCUT2D eigenvalue weighted by Gasteiger charge is -2.07. The van der Waals surface area contributed by atoms with E-state index < -0.39 is 0 Å². The molecule has 0 atom stereocenters. The normalized spacial score (nSPS) is 10.4. The van der Waals surface area contributed by atoms with Crippen LogP contribution >= 0.6 is 0 Å². The van der Waals surface area contributed by atoms with E-state index in [1.807, 2.05) is 48.5 Å². The molecule has 0 saturated heterocycles. The maximum atomic E-state index is 12.0. The molecule has 122 valence electrons. The molecular weight excluding hydrogens is 306 g/mol. The number of ether oxygens (including phenoxy) is 1. The van der Waals surface area contributed by atoms with E-state index in [9.17, 15) is 4.79 Å². The van der Waals surface area contributed by atoms with Crippen molar-refractivity contribution in [2.45, 2.75) is 12.8 Å². The molecule has 2 aromatic carbocycles. The summed E-state index contributed by atoms with van der Waals surface area (Å²) in [4.78, 5) is 12.0. The molecule has 0 unspecified atom stereocenters. The summed E-state index contributed by atoms with van der Waals surface area (Å²) < 4.78 is 6.67. The number of hydrogen-bond donors (Lipinski definition) is 1. The molecule has 7 nitrogen and oxygen atoms in total. The largest absolute Gasteiger partial charge is 0.497 e. The highest BCUT2D eigenvalue weighted by Gasteiger charge is 2.04. The first-order chi connectivity index (χ1) is 11.7. The zero-order valence-electron chi connectivity index (χ0n) is 13.2. The van der Waals surface area contributed by atoms with Gasteiger partial charge in [-0.05, 0) is 58.8 Å². The van der Waals surface area contributed by atoms with Crippen LogP contribution in [-0.2, 0) is 11.2 Å². The van der Waals surface area contributed by atoms with Gasteiger partial charge in [0.25, 0.3) is 0 Å². The van der Waals surface area contributed by atoms with Crippen molar-refractivity contribution in [1.82, 2.24) is 20.2 Å². The molecule has 24 heavy (non-hydrogen) atoms. The van der Waals surface area contributed by atoms with Gasteiger partial charge in [0, 0.05) is 12.1 Å². The summed E-state index contributed by atoms with van der Waals surface area (Å²) in [6, 6.07) is 15.0. The zero-order valence-corrected chi connectivity index (χ0v) is 13.2. The van der Waals surface area contributed by atoms with E-state index in [-0.39, 0.29) is 5.91 Å². The number of tetrazole rings is 1. The molecular formula is C17H17N5O2. The van der Waals surface area contributed by atoms with Crippen LogP contribution in [-0.4, -0.2) is 33.2 Å². The second-order valence-electron chi connectivity index (χ2n) is 5.20. The second kappa shape index (κ2) is 7.36. The highest BCUT2D eigenvalue weighted by Crippen LogP contribution is 2.14. The summed E-state index contributed by atoms with van der Waals surface area (Å²) in [7, 11) is 1.63. The molecule has 1 N–H and O–H groups in total. The quantitative estimate of drug-likeness (QED) is 0.752. The highest BCUT2D eigenvalue weighted by molar-refractivity contribution is 5.90. The van der Waals surface area contributed by atoms with Crippen LogP contribution in [0.5, 0.6) is 5.75 Å². The average molecular weight is 323 g/mol. The summed E-state index contributed by atoms with van der Waals surface area (Å²) in [6.45, 7) is 0. The Morgan fingerprint density at radius 3 is 2.50 bits per heavy atom. The lowest BCUT2D eigenvalue weighted by molar-refractivity contribution is -0.116. The van der Waals surface area contributed by atoms with Crippen molar-refractivity contribution >= 4 is 11.6 Å². The van der Waals surface area contributed by atoms with E-state index in [1.54, 1.807) is 11.8 Å². The SMILES string of the molecule is COc1ccc(CCC(=O)Nc2ccc(-n3cnnn3)cc2)cc1. The number of anilines is 1. The Morgan fingerprint density at radius 1 is 1.12 bits per heavy atom. The number of carbonyl (C=O) groups is 1. The van der Waals surface area contributed by atoms with Crippen LogP contribution in [0.15, 0.2) is 54.9 Å². The smallest absolute Gasteiger partial charge is 0.224 e. The lowest BCUT2D eigenvalue weighted by atomic mass is 10.1. The van der Waals surface area contributed by atoms with Crippen molar-refractivity contribution in [3.63, 3.8) is 0 Å². The maximum Gasteiger partial charge on any atom is 0.224 e. The third kappa shape index (κ3) is 3.95. The standard InChI is InChI=1S/C17H17N5O2/c1-24-16-9-2-13(3-10-16)4-11-17(23)19-14-5-7-15(8-6-14)22-12-18-20-21-22/h2-3,5-10,12H,4,11H2,1H3,(H,19,23). The molecule has 3 aromatic rings. The van der Waals surface area contributed by atoms with Crippen LogP contribution in [0.4, 0.5) is 5.69 Å². The first-order valence-electron chi connectivity index (χ1n) is 7.51. The Bertz CT molecular complexity index is 783. The minimum atomic E-state index is -0.0269. The predicted octanol–water partition coefficient (Wildman–Crippen LogP) is 2.24. The molecule has 0 aliphatic carbocycles. The summed E-state index contributed by atoms with van der Waals surface area (Å²) in [5.41, 5.74) is 2.67. The molecule has 1 amide bonds. The highest BCUT2D eigenvalue weighted by atomic mass is 16.5. The van der Waals surface area contributed by atoms with Gasteiger partial charge in [0.05, 0.1) is 12.8 Å². The molecule has 0 saturated carbocycles. The van der Waals surface area contributed by atoms with E-state index in [0.717, 1.165) is 22.7 Å². The molecule has 0 radical (unpaired) electrons. The van der Waals surface area contributed by atoms with Gasteiger partial charge < -0.3 is 10.1 Å². The second-order valence-corrected chi connectivity index (χ2v) is 5.20. The summed E-state index contributed by atoms with van der Waals surface area (Å²) >= 11 is 0. The van der Waals surface area contributed by atoms with E-state index in [4.69, 9.17) is 4.74 Å². The van der Waals surface area contributed by atoms with E-state index in [2.05, 4.69) is 20.8 Å². The maximum absolute atomic E-state index is 12.0. The van der Waals surface area contributed by atoms with Gasteiger partial charge in [-0.15, -0.1) is 5.10 Å². The average Bonchev–Trinajstić information content (AvgIpc) is 3.16. The molecule has 0 aliphatic rings. The monoisotopic (exact) mass is 323 g/mol. The molecule has 0 aliphatic heterocycles. The minimum Gasteiger partial charge on any atom is -0.497 e. The Balaban J connectivity index is 1.52. The number of rotatable bonds is 6. The first kappa shape index (κ1) is 15.7. The number of nitrogens with one attached hydrogen (secondary N) is 1. The Labute approximate surface area is 139 Å². The predicted molar refractivity (Wildman–Crippen MR) is 89.1 cm³/mol. The van der Waals surface area contributed by atoms with Gasteiger partial charge in [-0.1, -0.05) is 12.1 Å². The van der Waals surface area contributed by atoms with Gasteiger partial charge in [-0.25, -0.2) is 4.68 Å². The van der Waals surface area contributed by atoms with E-state index in [0.29, 0.717) is 12.8 Å². The molecule has 0 fully saturated rings. The van der Waals surface area contributed by atoms with Crippen molar-refractivity contribution in [1.29, 1.82) is 0 Å². The number of carbonyl (C=O) groups excluding carboxylic acids is 1. The van der Waals surface area contributed by atoms with Crippen molar-refractivity contribution in [3.05, 3.63) is 60.4 Å². The van der Waals surface area contributed by atoms with Gasteiger partial charge in [-0.3, -0.25) is 4.79 Å². The first-order valence-corrected chi connectivity index (χ1v) is 7.51. The van der Waals surface area contributed by atoms with Crippen LogP contribution in [0, 0.1) is 0 Å². The molecule has 3 rings (SSSR count). The Morgan fingerprint density at radius 2 is 1.88 bits per heavy atom. The zero-order chi connectivity index (χ0) is 16.8. The van der Waals surface area contributed by atoms with Gasteiger partial charge in [0.15, 0.2) is 0 Å². The van der Waals surface area contributed by atoms with Gasteiger partial charge in [0.2, 0.25) is 5.91 Å². The number of aryl methyl sites for hydroxylation is 1. The fourth-order valence-electron chi connectivity index (χ4n) is 2.25. The number of hydrogen-bond acceptors (Lipinski definition) is 5. The van der Waals surface area contributed by atoms with Crippen molar-refractivity contribution in [2.24, 2.45) is 0 Å². The molecule has 0 spiro atoms. The third-order valence-corrected chi connectivity index (χ3v) is 3.56. The number of amides is 1. The molecule has 1 heterocycles. The van der Waals surface area contributed by atoms with E-state index in [1.165, 1.54) is 6.33 Å². The van der Waals surface area contributed by atoms with Gasteiger partial charge in [0.1, 0.15) is 12.1 Å². The van der Waals surface area contributed by atoms with Crippen LogP contribution in [0.25, 0.3) is 5.69 Å². The van der Waals surface area contributed by atoms with Crippen molar-refractivity contribution in [2.75, 3.05) is 12.4 Å². The summed E-state index contributed by atoms with van der Waals surface area (Å²) in [5.74, 6) is 0.784. The van der Waals surface area contributed by atoms with Crippen LogP contribution in [0.1, 0.15) is 12.0 Å². The summed E-state index contributed by atoms with van der Waals surface area (Å²) in [6.07, 6.45) is 2.61. The minimum absolute atomic E-state index is 0.0269. The number of aromatic nitrogens is 4. The fourth-order valence-corrected chi connectivity index (χ4v) is 2.25. The summed E-state index contributed by atoms with van der Waals surface area (Å²) in [5, 5.41) is 13.9. The fraction of sp³-hybridized carbons (Fsp3) is 0.176. The van der Waals surface area contributed by atoms with Crippen molar-refractivity contribution < 1.29 is 9.53 Å².